The molecule has 4 rings (SSSR count). The molecule has 0 unspecified atom stereocenters. The number of para-hydroxylation sites is 2. The van der Waals surface area contributed by atoms with Gasteiger partial charge in [-0.2, -0.15) is 0 Å². The molecular weight excluding hydrogens is 437 g/mol. The minimum Gasteiger partial charge on any atom is -0.452 e. The second-order valence-corrected chi connectivity index (χ2v) is 7.34. The van der Waals surface area contributed by atoms with Crippen molar-refractivity contribution >= 4 is 51.7 Å². The van der Waals surface area contributed by atoms with E-state index in [1.165, 1.54) is 0 Å². The zero-order valence-electron chi connectivity index (χ0n) is 16.0. The van der Waals surface area contributed by atoms with Crippen molar-refractivity contribution in [3.63, 3.8) is 0 Å². The number of hydrogen-bond donors (Lipinski definition) is 1. The van der Waals surface area contributed by atoms with E-state index in [1.54, 1.807) is 60.9 Å². The molecule has 0 saturated heterocycles. The van der Waals surface area contributed by atoms with Crippen LogP contribution in [0.3, 0.4) is 0 Å². The van der Waals surface area contributed by atoms with Gasteiger partial charge in [-0.05, 0) is 36.4 Å². The number of aromatic nitrogens is 2. The Balaban J connectivity index is 1.57. The number of fused-ring (bicyclic) bond motifs is 1. The first kappa shape index (κ1) is 20.8. The lowest BCUT2D eigenvalue weighted by atomic mass is 10.0. The van der Waals surface area contributed by atoms with Gasteiger partial charge in [-0.1, -0.05) is 47.5 Å². The second kappa shape index (κ2) is 9.12. The van der Waals surface area contributed by atoms with E-state index in [4.69, 9.17) is 27.9 Å². The third-order valence-electron chi connectivity index (χ3n) is 4.47. The Bertz CT molecular complexity index is 1260. The van der Waals surface area contributed by atoms with Crippen LogP contribution in [0.1, 0.15) is 10.4 Å². The molecule has 1 N–H and O–H groups in total. The smallest absolute Gasteiger partial charge is 0.339 e. The molecule has 6 nitrogen and oxygen atoms in total. The van der Waals surface area contributed by atoms with Crippen LogP contribution in [0.4, 0.5) is 5.69 Å². The molecule has 0 aliphatic carbocycles. The lowest BCUT2D eigenvalue weighted by molar-refractivity contribution is -0.119. The second-order valence-electron chi connectivity index (χ2n) is 6.53. The average molecular weight is 452 g/mol. The molecule has 4 aromatic rings. The molecule has 0 radical (unpaired) electrons. The van der Waals surface area contributed by atoms with Gasteiger partial charge >= 0.3 is 5.97 Å². The normalized spacial score (nSPS) is 10.6. The van der Waals surface area contributed by atoms with Crippen molar-refractivity contribution in [2.45, 2.75) is 0 Å². The van der Waals surface area contributed by atoms with Crippen molar-refractivity contribution in [1.82, 2.24) is 9.97 Å². The molecule has 0 atom stereocenters. The van der Waals surface area contributed by atoms with Gasteiger partial charge in [0.2, 0.25) is 0 Å². The highest BCUT2D eigenvalue weighted by Crippen LogP contribution is 2.30. The number of pyridine rings is 2. The van der Waals surface area contributed by atoms with Crippen molar-refractivity contribution in [1.29, 1.82) is 0 Å². The van der Waals surface area contributed by atoms with Crippen molar-refractivity contribution in [2.75, 3.05) is 11.9 Å². The fourth-order valence-corrected chi connectivity index (χ4v) is 3.51. The highest BCUT2D eigenvalue weighted by atomic mass is 35.5. The summed E-state index contributed by atoms with van der Waals surface area (Å²) >= 11 is 12.1. The van der Waals surface area contributed by atoms with E-state index in [9.17, 15) is 9.59 Å². The summed E-state index contributed by atoms with van der Waals surface area (Å²) in [6, 6.07) is 17.3. The van der Waals surface area contributed by atoms with E-state index >= 15 is 0 Å². The van der Waals surface area contributed by atoms with Gasteiger partial charge in [-0.3, -0.25) is 9.78 Å². The van der Waals surface area contributed by atoms with Gasteiger partial charge in [0.15, 0.2) is 6.61 Å². The van der Waals surface area contributed by atoms with Crippen LogP contribution in [0.15, 0.2) is 73.1 Å². The summed E-state index contributed by atoms with van der Waals surface area (Å²) in [7, 11) is 0. The highest BCUT2D eigenvalue weighted by Gasteiger charge is 2.17. The lowest BCUT2D eigenvalue weighted by Crippen LogP contribution is -2.21. The van der Waals surface area contributed by atoms with Gasteiger partial charge in [0.1, 0.15) is 0 Å². The van der Waals surface area contributed by atoms with E-state index in [1.807, 2.05) is 12.1 Å². The number of carbonyl (C=O) groups is 2. The fraction of sp³-hybridized carbons (Fsp3) is 0.0435. The van der Waals surface area contributed by atoms with Gasteiger partial charge in [-0.25, -0.2) is 9.78 Å². The third kappa shape index (κ3) is 4.66. The van der Waals surface area contributed by atoms with E-state index in [0.29, 0.717) is 22.2 Å². The molecule has 0 bridgehead atoms. The standard InChI is InChI=1S/C23H15Cl2N3O3/c24-17-5-3-6-18(25)22(17)28-21(29)13-31-23(30)16-12-20(14-8-10-26-11-9-14)27-19-7-2-1-4-15(16)19/h1-12H,13H2,(H,28,29). The quantitative estimate of drug-likeness (QED) is 0.410. The van der Waals surface area contributed by atoms with Crippen LogP contribution >= 0.6 is 23.2 Å². The molecule has 31 heavy (non-hydrogen) atoms. The van der Waals surface area contributed by atoms with Gasteiger partial charge < -0.3 is 10.1 Å². The molecule has 2 heterocycles. The molecule has 8 heteroatoms. The number of rotatable bonds is 5. The summed E-state index contributed by atoms with van der Waals surface area (Å²) < 4.78 is 5.26. The van der Waals surface area contributed by atoms with Crippen LogP contribution in [0.5, 0.6) is 0 Å². The Labute approximate surface area is 187 Å². The Morgan fingerprint density at radius 3 is 2.39 bits per heavy atom. The van der Waals surface area contributed by atoms with Gasteiger partial charge in [0, 0.05) is 23.3 Å². The predicted molar refractivity (Wildman–Crippen MR) is 120 cm³/mol. The molecule has 0 spiro atoms. The summed E-state index contributed by atoms with van der Waals surface area (Å²) in [5.74, 6) is -1.20. The fourth-order valence-electron chi connectivity index (χ4n) is 3.02. The largest absolute Gasteiger partial charge is 0.452 e. The molecule has 1 amide bonds. The van der Waals surface area contributed by atoms with E-state index in [-0.39, 0.29) is 15.7 Å². The van der Waals surface area contributed by atoms with Crippen LogP contribution < -0.4 is 5.32 Å². The molecule has 0 aliphatic rings. The van der Waals surface area contributed by atoms with E-state index in [0.717, 1.165) is 5.56 Å². The molecule has 0 aliphatic heterocycles. The SMILES string of the molecule is O=C(COC(=O)c1cc(-c2ccncc2)nc2ccccc12)Nc1c(Cl)cccc1Cl. The third-order valence-corrected chi connectivity index (χ3v) is 5.10. The van der Waals surface area contributed by atoms with Crippen LogP contribution in [0.25, 0.3) is 22.2 Å². The number of esters is 1. The Morgan fingerprint density at radius 2 is 1.65 bits per heavy atom. The molecule has 0 saturated carbocycles. The first-order chi connectivity index (χ1) is 15.0. The first-order valence-electron chi connectivity index (χ1n) is 9.24. The molecule has 0 fully saturated rings. The molecule has 2 aromatic heterocycles. The summed E-state index contributed by atoms with van der Waals surface area (Å²) in [5, 5.41) is 3.76. The minimum atomic E-state index is -0.644. The van der Waals surface area contributed by atoms with Crippen molar-refractivity contribution < 1.29 is 14.3 Å². The summed E-state index contributed by atoms with van der Waals surface area (Å²) in [6.07, 6.45) is 3.29. The maximum atomic E-state index is 12.8. The van der Waals surface area contributed by atoms with Crippen LogP contribution in [0, 0.1) is 0 Å². The van der Waals surface area contributed by atoms with Crippen LogP contribution in [-0.4, -0.2) is 28.5 Å². The van der Waals surface area contributed by atoms with Gasteiger partial charge in [-0.15, -0.1) is 0 Å². The molecule has 2 aromatic carbocycles. The molecular formula is C23H15Cl2N3O3. The maximum Gasteiger partial charge on any atom is 0.339 e. The average Bonchev–Trinajstić information content (AvgIpc) is 2.80. The van der Waals surface area contributed by atoms with E-state index < -0.39 is 18.5 Å². The van der Waals surface area contributed by atoms with Crippen LogP contribution in [-0.2, 0) is 9.53 Å². The number of hydrogen-bond acceptors (Lipinski definition) is 5. The van der Waals surface area contributed by atoms with Crippen LogP contribution in [0.2, 0.25) is 10.0 Å². The number of amides is 1. The highest BCUT2D eigenvalue weighted by molar-refractivity contribution is 6.39. The monoisotopic (exact) mass is 451 g/mol. The zero-order valence-corrected chi connectivity index (χ0v) is 17.5. The summed E-state index contributed by atoms with van der Waals surface area (Å²) in [6.45, 7) is -0.498. The lowest BCUT2D eigenvalue weighted by Gasteiger charge is -2.11. The summed E-state index contributed by atoms with van der Waals surface area (Å²) in [5.41, 5.74) is 2.61. The topological polar surface area (TPSA) is 81.2 Å². The number of ether oxygens (including phenoxy) is 1. The molecule has 154 valence electrons. The van der Waals surface area contributed by atoms with Crippen molar-refractivity contribution in [3.8, 4) is 11.3 Å². The number of halogens is 2. The number of benzene rings is 2. The van der Waals surface area contributed by atoms with Crippen molar-refractivity contribution in [2.24, 2.45) is 0 Å². The first-order valence-corrected chi connectivity index (χ1v) is 9.99. The van der Waals surface area contributed by atoms with Gasteiger partial charge in [0.25, 0.3) is 5.91 Å². The van der Waals surface area contributed by atoms with Gasteiger partial charge in [0.05, 0.1) is 32.5 Å². The Hall–Kier alpha value is -3.48. The number of nitrogens with one attached hydrogen (secondary N) is 1. The summed E-state index contributed by atoms with van der Waals surface area (Å²) in [4.78, 5) is 33.7. The predicted octanol–water partition coefficient (Wildman–Crippen LogP) is 5.40. The number of carbonyl (C=O) groups excluding carboxylic acids is 2. The Kier molecular flexibility index (Phi) is 6.11. The number of nitrogens with zero attached hydrogens (tertiary/aromatic N) is 2. The number of anilines is 1. The van der Waals surface area contributed by atoms with Crippen molar-refractivity contribution in [3.05, 3.63) is 88.7 Å². The maximum absolute atomic E-state index is 12.8. The Morgan fingerprint density at radius 1 is 0.935 bits per heavy atom. The van der Waals surface area contributed by atoms with E-state index in [2.05, 4.69) is 15.3 Å². The minimum absolute atomic E-state index is 0.265. The zero-order chi connectivity index (χ0) is 21.8.